The maximum Gasteiger partial charge on any atom is 0.318 e. The highest BCUT2D eigenvalue weighted by Crippen LogP contribution is 2.40. The van der Waals surface area contributed by atoms with Crippen LogP contribution < -0.4 is 14.5 Å². The van der Waals surface area contributed by atoms with Crippen molar-refractivity contribution in [2.75, 3.05) is 49.1 Å². The fourth-order valence-corrected chi connectivity index (χ4v) is 7.68. The van der Waals surface area contributed by atoms with Crippen molar-refractivity contribution in [1.82, 2.24) is 14.9 Å². The maximum atomic E-state index is 10.5. The molecule has 7 rings (SSSR count). The number of β-amino-alcohol motifs (C(OH)–C–C–N with tert-alkyl or cyclic N) is 1. The molecule has 0 saturated carbocycles. The van der Waals surface area contributed by atoms with E-state index in [0.29, 0.717) is 19.2 Å². The van der Waals surface area contributed by atoms with E-state index in [2.05, 4.69) is 58.0 Å². The molecule has 2 aromatic carbocycles. The van der Waals surface area contributed by atoms with Gasteiger partial charge in [0.2, 0.25) is 0 Å². The summed E-state index contributed by atoms with van der Waals surface area (Å²) in [5, 5.41) is 13.1. The summed E-state index contributed by atoms with van der Waals surface area (Å²) >= 11 is 0. The van der Waals surface area contributed by atoms with Crippen LogP contribution in [0, 0.1) is 0 Å². The molecule has 3 aromatic rings. The van der Waals surface area contributed by atoms with Crippen LogP contribution >= 0.6 is 0 Å². The molecule has 1 aromatic heterocycles. The van der Waals surface area contributed by atoms with Gasteiger partial charge in [-0.2, -0.15) is 9.97 Å². The van der Waals surface area contributed by atoms with Crippen LogP contribution in [-0.4, -0.2) is 70.9 Å². The van der Waals surface area contributed by atoms with Gasteiger partial charge in [-0.15, -0.1) is 0 Å². The van der Waals surface area contributed by atoms with Gasteiger partial charge in [-0.1, -0.05) is 37.3 Å². The standard InChI is InChI=1S/C32H41N5O2/c1-2-23-8-3-9-24-10-4-12-28(29(23)24)35-19-13-26-27(21-35)33-31(34-30(26)36-16-5-11-25(38)20-36)39-22-32-14-6-17-37(32)18-7-15-32/h3-4,8-10,12,25,38H,2,5-7,11,13-22H2,1H3. The van der Waals surface area contributed by atoms with Gasteiger partial charge in [0.15, 0.2) is 0 Å². The number of aromatic nitrogens is 2. The van der Waals surface area contributed by atoms with Gasteiger partial charge in [0.1, 0.15) is 12.4 Å². The smallest absolute Gasteiger partial charge is 0.318 e. The first-order chi connectivity index (χ1) is 19.1. The molecule has 1 N–H and O–H groups in total. The molecule has 7 nitrogen and oxygen atoms in total. The Kier molecular flexibility index (Phi) is 6.60. The molecule has 4 aliphatic rings. The normalized spacial score (nSPS) is 22.8. The van der Waals surface area contributed by atoms with Gasteiger partial charge < -0.3 is 19.6 Å². The molecular formula is C32H41N5O2. The molecule has 3 saturated heterocycles. The predicted octanol–water partition coefficient (Wildman–Crippen LogP) is 4.72. The predicted molar refractivity (Wildman–Crippen MR) is 156 cm³/mol. The number of aliphatic hydroxyl groups excluding tert-OH is 1. The number of anilines is 2. The van der Waals surface area contributed by atoms with Gasteiger partial charge >= 0.3 is 6.01 Å². The summed E-state index contributed by atoms with van der Waals surface area (Å²) in [4.78, 5) is 17.5. The van der Waals surface area contributed by atoms with E-state index in [-0.39, 0.29) is 11.6 Å². The number of aliphatic hydroxyl groups is 1. The van der Waals surface area contributed by atoms with Gasteiger partial charge in [-0.05, 0) is 81.5 Å². The topological polar surface area (TPSA) is 65.0 Å². The van der Waals surface area contributed by atoms with Crippen molar-refractivity contribution in [3.8, 4) is 6.01 Å². The van der Waals surface area contributed by atoms with Gasteiger partial charge in [0, 0.05) is 36.3 Å². The third-order valence-electron chi connectivity index (χ3n) is 9.69. The van der Waals surface area contributed by atoms with E-state index in [4.69, 9.17) is 14.7 Å². The zero-order chi connectivity index (χ0) is 26.4. The van der Waals surface area contributed by atoms with Crippen molar-refractivity contribution in [3.63, 3.8) is 0 Å². The van der Waals surface area contributed by atoms with E-state index in [1.165, 1.54) is 66.4 Å². The quantitative estimate of drug-likeness (QED) is 0.498. The highest BCUT2D eigenvalue weighted by atomic mass is 16.5. The number of hydrogen-bond donors (Lipinski definition) is 1. The molecule has 0 radical (unpaired) electrons. The molecule has 0 amide bonds. The lowest BCUT2D eigenvalue weighted by Crippen LogP contribution is -2.44. The molecule has 1 unspecified atom stereocenters. The SMILES string of the molecule is CCc1cccc2cccc(N3CCc4c(nc(OCC56CCCN5CCC6)nc4N4CCCC(O)C4)C3)c12. The maximum absolute atomic E-state index is 10.5. The summed E-state index contributed by atoms with van der Waals surface area (Å²) in [5.41, 5.74) is 5.13. The highest BCUT2D eigenvalue weighted by Gasteiger charge is 2.45. The van der Waals surface area contributed by atoms with Gasteiger partial charge in [-0.25, -0.2) is 0 Å². The second-order valence-electron chi connectivity index (χ2n) is 12.0. The molecule has 3 fully saturated rings. The first-order valence-corrected chi connectivity index (χ1v) is 15.1. The number of piperidine rings is 1. The van der Waals surface area contributed by atoms with Crippen LogP contribution in [0.25, 0.3) is 10.8 Å². The molecule has 0 spiro atoms. The van der Waals surface area contributed by atoms with Crippen molar-refractivity contribution < 1.29 is 9.84 Å². The van der Waals surface area contributed by atoms with Gasteiger partial charge in [0.25, 0.3) is 0 Å². The van der Waals surface area contributed by atoms with Crippen LogP contribution in [0.3, 0.4) is 0 Å². The summed E-state index contributed by atoms with van der Waals surface area (Å²) < 4.78 is 6.50. The second-order valence-corrected chi connectivity index (χ2v) is 12.0. The van der Waals surface area contributed by atoms with Crippen molar-refractivity contribution in [3.05, 3.63) is 53.2 Å². The zero-order valence-corrected chi connectivity index (χ0v) is 23.2. The van der Waals surface area contributed by atoms with Crippen LogP contribution in [0.15, 0.2) is 36.4 Å². The molecular weight excluding hydrogens is 486 g/mol. The third kappa shape index (κ3) is 4.53. The van der Waals surface area contributed by atoms with E-state index < -0.39 is 0 Å². The first kappa shape index (κ1) is 25.1. The summed E-state index contributed by atoms with van der Waals surface area (Å²) in [6.45, 7) is 8.50. The second kappa shape index (κ2) is 10.3. The van der Waals surface area contributed by atoms with Crippen LogP contribution in [0.2, 0.25) is 0 Å². The van der Waals surface area contributed by atoms with E-state index in [0.717, 1.165) is 56.8 Å². The Hall–Kier alpha value is -2.90. The Labute approximate surface area is 231 Å². The lowest BCUT2D eigenvalue weighted by atomic mass is 9.95. The summed E-state index contributed by atoms with van der Waals surface area (Å²) in [5.74, 6) is 0.979. The molecule has 0 bridgehead atoms. The number of rotatable bonds is 6. The average Bonchev–Trinajstić information content (AvgIpc) is 3.55. The minimum absolute atomic E-state index is 0.159. The van der Waals surface area contributed by atoms with E-state index in [1.807, 2.05) is 0 Å². The molecule has 39 heavy (non-hydrogen) atoms. The van der Waals surface area contributed by atoms with Crippen molar-refractivity contribution in [2.24, 2.45) is 0 Å². The van der Waals surface area contributed by atoms with E-state index >= 15 is 0 Å². The Balaban J connectivity index is 1.23. The lowest BCUT2D eigenvalue weighted by Gasteiger charge is -2.37. The fraction of sp³-hybridized carbons (Fsp3) is 0.562. The monoisotopic (exact) mass is 527 g/mol. The van der Waals surface area contributed by atoms with Crippen LogP contribution in [0.4, 0.5) is 11.5 Å². The highest BCUT2D eigenvalue weighted by molar-refractivity contribution is 5.97. The average molecular weight is 528 g/mol. The molecule has 5 heterocycles. The number of ether oxygens (including phenoxy) is 1. The molecule has 206 valence electrons. The minimum atomic E-state index is -0.304. The van der Waals surface area contributed by atoms with Gasteiger partial charge in [-0.3, -0.25) is 4.90 Å². The molecule has 7 heteroatoms. The van der Waals surface area contributed by atoms with Crippen molar-refractivity contribution >= 4 is 22.3 Å². The number of aryl methyl sites for hydroxylation is 1. The van der Waals surface area contributed by atoms with Crippen LogP contribution in [0.1, 0.15) is 62.3 Å². The van der Waals surface area contributed by atoms with Gasteiger partial charge in [0.05, 0.1) is 23.9 Å². The number of benzene rings is 2. The first-order valence-electron chi connectivity index (χ1n) is 15.1. The molecule has 1 atom stereocenters. The number of nitrogens with zero attached hydrogens (tertiary/aromatic N) is 5. The molecule has 4 aliphatic heterocycles. The van der Waals surface area contributed by atoms with E-state index in [1.54, 1.807) is 0 Å². The zero-order valence-electron chi connectivity index (χ0n) is 23.2. The Morgan fingerprint density at radius 2 is 1.79 bits per heavy atom. The third-order valence-corrected chi connectivity index (χ3v) is 9.69. The lowest BCUT2D eigenvalue weighted by molar-refractivity contribution is 0.107. The van der Waals surface area contributed by atoms with E-state index in [9.17, 15) is 5.11 Å². The summed E-state index contributed by atoms with van der Waals surface area (Å²) in [6.07, 6.45) is 8.36. The fourth-order valence-electron chi connectivity index (χ4n) is 7.68. The minimum Gasteiger partial charge on any atom is -0.461 e. The van der Waals surface area contributed by atoms with Crippen LogP contribution in [-0.2, 0) is 19.4 Å². The van der Waals surface area contributed by atoms with Crippen molar-refractivity contribution in [1.29, 1.82) is 0 Å². The number of fused-ring (bicyclic) bond motifs is 3. The Morgan fingerprint density at radius 1 is 0.974 bits per heavy atom. The summed E-state index contributed by atoms with van der Waals surface area (Å²) in [6, 6.07) is 13.8. The number of hydrogen-bond acceptors (Lipinski definition) is 7. The largest absolute Gasteiger partial charge is 0.461 e. The molecule has 0 aliphatic carbocycles. The van der Waals surface area contributed by atoms with Crippen LogP contribution in [0.5, 0.6) is 6.01 Å². The summed E-state index contributed by atoms with van der Waals surface area (Å²) in [7, 11) is 0. The van der Waals surface area contributed by atoms with Crippen molar-refractivity contribution in [2.45, 2.75) is 76.5 Å². The Morgan fingerprint density at radius 3 is 2.59 bits per heavy atom. The Bertz CT molecular complexity index is 1340.